The van der Waals surface area contributed by atoms with Crippen LogP contribution in [-0.4, -0.2) is 25.5 Å². The maximum absolute atomic E-state index is 12.5. The molecule has 0 unspecified atom stereocenters. The van der Waals surface area contributed by atoms with Gasteiger partial charge in [-0.15, -0.1) is 11.3 Å². The predicted molar refractivity (Wildman–Crippen MR) is 110 cm³/mol. The van der Waals surface area contributed by atoms with Gasteiger partial charge < -0.3 is 9.47 Å². The van der Waals surface area contributed by atoms with E-state index in [9.17, 15) is 9.59 Å². The molecule has 28 heavy (non-hydrogen) atoms. The van der Waals surface area contributed by atoms with E-state index in [0.717, 1.165) is 34.6 Å². The molecule has 6 heteroatoms. The van der Waals surface area contributed by atoms with Crippen LogP contribution in [0, 0.1) is 0 Å². The molecule has 1 aliphatic rings. The lowest BCUT2D eigenvalue weighted by Crippen LogP contribution is -2.13. The molecule has 4 nitrogen and oxygen atoms in total. The second kappa shape index (κ2) is 7.78. The molecule has 0 fully saturated rings. The van der Waals surface area contributed by atoms with Gasteiger partial charge in [-0.25, -0.2) is 4.79 Å². The summed E-state index contributed by atoms with van der Waals surface area (Å²) in [6, 6.07) is 14.6. The van der Waals surface area contributed by atoms with Crippen LogP contribution in [0.25, 0.3) is 10.4 Å². The maximum Gasteiger partial charge on any atom is 0.348 e. The number of benzene rings is 2. The van der Waals surface area contributed by atoms with E-state index in [-0.39, 0.29) is 12.4 Å². The summed E-state index contributed by atoms with van der Waals surface area (Å²) in [6.07, 6.45) is 1.76. The Balaban J connectivity index is 1.50. The standard InChI is InChI=1S/C22H17ClO4S/c1-26-15-8-9-16-13(10-15)6-7-14-11-20(28-21(14)16)22(25)27-12-19(24)17-4-2-3-5-18(17)23/h2-5,8-11H,6-7,12H2,1H3. The van der Waals surface area contributed by atoms with Gasteiger partial charge in [-0.1, -0.05) is 23.7 Å². The Labute approximate surface area is 171 Å². The number of halogens is 1. The minimum atomic E-state index is -0.491. The van der Waals surface area contributed by atoms with Gasteiger partial charge in [0.15, 0.2) is 6.61 Å². The first-order valence-electron chi connectivity index (χ1n) is 8.81. The lowest BCUT2D eigenvalue weighted by atomic mass is 9.91. The van der Waals surface area contributed by atoms with Gasteiger partial charge in [0.25, 0.3) is 0 Å². The lowest BCUT2D eigenvalue weighted by molar-refractivity contribution is 0.0479. The average Bonchev–Trinajstić information content (AvgIpc) is 3.16. The average molecular weight is 413 g/mol. The maximum atomic E-state index is 12.5. The topological polar surface area (TPSA) is 52.6 Å². The van der Waals surface area contributed by atoms with Crippen LogP contribution in [-0.2, 0) is 17.6 Å². The van der Waals surface area contributed by atoms with Crippen molar-refractivity contribution in [2.75, 3.05) is 13.7 Å². The van der Waals surface area contributed by atoms with Gasteiger partial charge in [-0.3, -0.25) is 4.79 Å². The molecule has 0 spiro atoms. The lowest BCUT2D eigenvalue weighted by Gasteiger charge is -2.16. The molecule has 0 aliphatic heterocycles. The normalized spacial score (nSPS) is 12.1. The fraction of sp³-hybridized carbons (Fsp3) is 0.182. The van der Waals surface area contributed by atoms with E-state index in [1.807, 2.05) is 24.3 Å². The molecule has 0 atom stereocenters. The van der Waals surface area contributed by atoms with E-state index in [4.69, 9.17) is 21.1 Å². The molecule has 142 valence electrons. The van der Waals surface area contributed by atoms with Crippen molar-refractivity contribution in [2.45, 2.75) is 12.8 Å². The number of carbonyl (C=O) groups excluding carboxylic acids is 2. The van der Waals surface area contributed by atoms with Gasteiger partial charge in [0, 0.05) is 10.4 Å². The zero-order valence-corrected chi connectivity index (χ0v) is 16.7. The van der Waals surface area contributed by atoms with Gasteiger partial charge in [0.2, 0.25) is 5.78 Å². The zero-order chi connectivity index (χ0) is 19.7. The van der Waals surface area contributed by atoms with Crippen LogP contribution in [0.5, 0.6) is 5.75 Å². The Kier molecular flexibility index (Phi) is 5.20. The Morgan fingerprint density at radius 3 is 2.64 bits per heavy atom. The number of carbonyl (C=O) groups is 2. The van der Waals surface area contributed by atoms with Crippen LogP contribution in [0.2, 0.25) is 5.02 Å². The van der Waals surface area contributed by atoms with Crippen molar-refractivity contribution < 1.29 is 19.1 Å². The molecule has 0 amide bonds. The summed E-state index contributed by atoms with van der Waals surface area (Å²) in [5.74, 6) is 0.0176. The number of esters is 1. The molecule has 2 aromatic carbocycles. The van der Waals surface area contributed by atoms with Crippen molar-refractivity contribution in [3.63, 3.8) is 0 Å². The van der Waals surface area contributed by atoms with Crippen molar-refractivity contribution in [1.82, 2.24) is 0 Å². The molecule has 4 rings (SSSR count). The molecule has 0 N–H and O–H groups in total. The smallest absolute Gasteiger partial charge is 0.348 e. The van der Waals surface area contributed by atoms with E-state index in [2.05, 4.69) is 0 Å². The van der Waals surface area contributed by atoms with E-state index >= 15 is 0 Å². The molecule has 0 bridgehead atoms. The molecule has 1 aliphatic carbocycles. The third-order valence-corrected chi connectivity index (χ3v) is 6.26. The van der Waals surface area contributed by atoms with Gasteiger partial charge in [0.1, 0.15) is 10.6 Å². The second-order valence-electron chi connectivity index (χ2n) is 6.47. The van der Waals surface area contributed by atoms with Crippen molar-refractivity contribution in [2.24, 2.45) is 0 Å². The number of ketones is 1. The number of Topliss-reactive ketones (excluding diaryl/α,β-unsaturated/α-hetero) is 1. The molecule has 3 aromatic rings. The first-order chi connectivity index (χ1) is 13.6. The number of aryl methyl sites for hydroxylation is 2. The number of hydrogen-bond donors (Lipinski definition) is 0. The summed E-state index contributed by atoms with van der Waals surface area (Å²) in [7, 11) is 1.65. The number of fused-ring (bicyclic) bond motifs is 3. The van der Waals surface area contributed by atoms with Gasteiger partial charge >= 0.3 is 5.97 Å². The monoisotopic (exact) mass is 412 g/mol. The molecule has 0 saturated carbocycles. The van der Waals surface area contributed by atoms with Crippen molar-refractivity contribution in [3.8, 4) is 16.2 Å². The third kappa shape index (κ3) is 3.55. The Morgan fingerprint density at radius 2 is 1.86 bits per heavy atom. The summed E-state index contributed by atoms with van der Waals surface area (Å²) in [4.78, 5) is 26.3. The highest BCUT2D eigenvalue weighted by atomic mass is 35.5. The van der Waals surface area contributed by atoms with Crippen LogP contribution >= 0.6 is 22.9 Å². The van der Waals surface area contributed by atoms with Crippen LogP contribution in [0.15, 0.2) is 48.5 Å². The van der Waals surface area contributed by atoms with Gasteiger partial charge in [-0.05, 0) is 65.9 Å². The van der Waals surface area contributed by atoms with Crippen molar-refractivity contribution >= 4 is 34.7 Å². The zero-order valence-electron chi connectivity index (χ0n) is 15.2. The van der Waals surface area contributed by atoms with Gasteiger partial charge in [-0.2, -0.15) is 0 Å². The first kappa shape index (κ1) is 18.7. The SMILES string of the molecule is COc1ccc2c(c1)CCc1cc(C(=O)OCC(=O)c3ccccc3Cl)sc1-2. The highest BCUT2D eigenvalue weighted by molar-refractivity contribution is 7.17. The number of hydrogen-bond acceptors (Lipinski definition) is 5. The Bertz CT molecular complexity index is 1070. The Morgan fingerprint density at radius 1 is 1.07 bits per heavy atom. The quantitative estimate of drug-likeness (QED) is 0.426. The highest BCUT2D eigenvalue weighted by Crippen LogP contribution is 2.41. The Hall–Kier alpha value is -2.63. The molecule has 0 saturated heterocycles. The van der Waals surface area contributed by atoms with E-state index < -0.39 is 5.97 Å². The minimum absolute atomic E-state index is 0.322. The summed E-state index contributed by atoms with van der Waals surface area (Å²) in [5.41, 5.74) is 3.82. The summed E-state index contributed by atoms with van der Waals surface area (Å²) < 4.78 is 10.5. The number of rotatable bonds is 5. The summed E-state index contributed by atoms with van der Waals surface area (Å²) >= 11 is 7.42. The molecule has 1 aromatic heterocycles. The van der Waals surface area contributed by atoms with Crippen LogP contribution in [0.4, 0.5) is 0 Å². The van der Waals surface area contributed by atoms with Crippen LogP contribution in [0.1, 0.15) is 31.2 Å². The highest BCUT2D eigenvalue weighted by Gasteiger charge is 2.23. The van der Waals surface area contributed by atoms with Crippen molar-refractivity contribution in [3.05, 3.63) is 75.1 Å². The van der Waals surface area contributed by atoms with E-state index in [0.29, 0.717) is 15.5 Å². The van der Waals surface area contributed by atoms with Gasteiger partial charge in [0.05, 0.1) is 12.1 Å². The fourth-order valence-electron chi connectivity index (χ4n) is 3.31. The number of thiophene rings is 1. The summed E-state index contributed by atoms with van der Waals surface area (Å²) in [6.45, 7) is -0.334. The minimum Gasteiger partial charge on any atom is -0.497 e. The van der Waals surface area contributed by atoms with E-state index in [1.54, 1.807) is 31.4 Å². The molecule has 0 radical (unpaired) electrons. The molecule has 1 heterocycles. The summed E-state index contributed by atoms with van der Waals surface area (Å²) in [5, 5.41) is 0.349. The largest absolute Gasteiger partial charge is 0.497 e. The number of methoxy groups -OCH3 is 1. The van der Waals surface area contributed by atoms with Crippen LogP contribution < -0.4 is 4.74 Å². The van der Waals surface area contributed by atoms with Crippen molar-refractivity contribution in [1.29, 1.82) is 0 Å². The first-order valence-corrected chi connectivity index (χ1v) is 10.0. The fourth-order valence-corrected chi connectivity index (χ4v) is 4.71. The number of ether oxygens (including phenoxy) is 2. The van der Waals surface area contributed by atoms with E-state index in [1.165, 1.54) is 16.9 Å². The molecular formula is C22H17ClO4S. The predicted octanol–water partition coefficient (Wildman–Crippen LogP) is 5.22. The molecular weight excluding hydrogens is 396 g/mol. The second-order valence-corrected chi connectivity index (χ2v) is 7.93. The third-order valence-electron chi connectivity index (χ3n) is 4.74. The van der Waals surface area contributed by atoms with Crippen LogP contribution in [0.3, 0.4) is 0 Å².